The number of methoxy groups -OCH3 is 1. The topological polar surface area (TPSA) is 101 Å². The summed E-state index contributed by atoms with van der Waals surface area (Å²) in [5.41, 5.74) is 9.54. The zero-order valence-electron chi connectivity index (χ0n) is 20.0. The van der Waals surface area contributed by atoms with Crippen LogP contribution < -0.4 is 11.3 Å². The monoisotopic (exact) mass is 472 g/mol. The highest BCUT2D eigenvalue weighted by Gasteiger charge is 2.17. The third-order valence-corrected chi connectivity index (χ3v) is 5.56. The first-order valence-electron chi connectivity index (χ1n) is 11.3. The first kappa shape index (κ1) is 24.0. The summed E-state index contributed by atoms with van der Waals surface area (Å²) in [6.45, 7) is 4.34. The summed E-state index contributed by atoms with van der Waals surface area (Å²) in [7, 11) is 1.35. The fraction of sp³-hybridized carbons (Fsp3) is 0.222. The molecule has 0 atom stereocenters. The van der Waals surface area contributed by atoms with E-state index in [1.54, 1.807) is 12.1 Å². The molecule has 8 nitrogen and oxygen atoms in total. The fourth-order valence-corrected chi connectivity index (χ4v) is 3.72. The van der Waals surface area contributed by atoms with Crippen molar-refractivity contribution in [3.05, 3.63) is 93.4 Å². The predicted molar refractivity (Wildman–Crippen MR) is 137 cm³/mol. The molecule has 0 saturated heterocycles. The molecule has 0 aliphatic carbocycles. The normalized spacial score (nSPS) is 11.5. The number of nitrogens with zero attached hydrogens (tertiary/aromatic N) is 3. The number of rotatable bonds is 8. The highest BCUT2D eigenvalue weighted by atomic mass is 16.5. The number of carbonyl (C=O) groups excluding carboxylic acids is 1. The number of esters is 1. The number of fused-ring (bicyclic) bond motifs is 1. The van der Waals surface area contributed by atoms with Crippen molar-refractivity contribution in [2.75, 3.05) is 12.8 Å². The predicted octanol–water partition coefficient (Wildman–Crippen LogP) is 4.17. The van der Waals surface area contributed by atoms with Crippen molar-refractivity contribution in [2.24, 2.45) is 0 Å². The molecule has 0 spiro atoms. The van der Waals surface area contributed by atoms with Crippen molar-refractivity contribution in [1.82, 2.24) is 14.1 Å². The average molecular weight is 473 g/mol. The summed E-state index contributed by atoms with van der Waals surface area (Å²) < 4.78 is 13.7. The molecule has 0 fully saturated rings. The van der Waals surface area contributed by atoms with Crippen LogP contribution in [0.15, 0.2) is 65.6 Å². The summed E-state index contributed by atoms with van der Waals surface area (Å²) in [6.07, 6.45) is 5.59. The molecule has 0 saturated carbocycles. The Balaban J connectivity index is 1.78. The molecule has 0 radical (unpaired) electrons. The minimum atomic E-state index is -0.391. The summed E-state index contributed by atoms with van der Waals surface area (Å²) in [5.74, 6) is -0.290. The van der Waals surface area contributed by atoms with Gasteiger partial charge in [0, 0.05) is 18.3 Å². The van der Waals surface area contributed by atoms with Crippen LogP contribution in [0.4, 0.5) is 5.95 Å². The Kier molecular flexibility index (Phi) is 7.12. The molecule has 4 aromatic rings. The number of nitrogen functional groups attached to an aromatic ring is 1. The second-order valence-electron chi connectivity index (χ2n) is 8.39. The van der Waals surface area contributed by atoms with Gasteiger partial charge in [0.15, 0.2) is 0 Å². The second-order valence-corrected chi connectivity index (χ2v) is 8.39. The maximum atomic E-state index is 13.5. The molecule has 2 heterocycles. The zero-order chi connectivity index (χ0) is 24.9. The lowest BCUT2D eigenvalue weighted by atomic mass is 10.1. The van der Waals surface area contributed by atoms with Crippen molar-refractivity contribution < 1.29 is 14.3 Å². The number of benzene rings is 2. The van der Waals surface area contributed by atoms with Crippen LogP contribution in [-0.4, -0.2) is 33.3 Å². The molecular weight excluding hydrogens is 444 g/mol. The van der Waals surface area contributed by atoms with E-state index in [1.165, 1.54) is 11.7 Å². The number of ether oxygens (including phenoxy) is 2. The van der Waals surface area contributed by atoms with E-state index in [0.29, 0.717) is 28.7 Å². The van der Waals surface area contributed by atoms with Crippen LogP contribution >= 0.6 is 0 Å². The molecule has 8 heteroatoms. The van der Waals surface area contributed by atoms with E-state index in [-0.39, 0.29) is 24.3 Å². The number of nitrogens with two attached hydrogens (primary N) is 1. The minimum Gasteiger partial charge on any atom is -0.465 e. The molecule has 0 unspecified atom stereocenters. The smallest absolute Gasteiger partial charge is 0.337 e. The van der Waals surface area contributed by atoms with Gasteiger partial charge in [-0.3, -0.25) is 9.36 Å². The summed E-state index contributed by atoms with van der Waals surface area (Å²) in [6, 6.07) is 17.0. The Morgan fingerprint density at radius 1 is 1.09 bits per heavy atom. The standard InChI is InChI=1S/C27H28N4O4/c1-18(2)35-17-31-25(32)23-22(14-11-19-9-12-21(13-10-19)26(33)34-3)16-30(24(23)29-27(31)28)15-20-7-5-4-6-8-20/h4-14,16,18H,15,17H2,1-3H3,(H2,28,29). The molecule has 0 bridgehead atoms. The van der Waals surface area contributed by atoms with E-state index < -0.39 is 5.97 Å². The van der Waals surface area contributed by atoms with Crippen molar-refractivity contribution in [2.45, 2.75) is 33.2 Å². The molecule has 2 N–H and O–H groups in total. The lowest BCUT2D eigenvalue weighted by Gasteiger charge is -2.12. The number of hydrogen-bond donors (Lipinski definition) is 1. The van der Waals surface area contributed by atoms with Crippen molar-refractivity contribution >= 4 is 35.1 Å². The van der Waals surface area contributed by atoms with E-state index in [4.69, 9.17) is 15.2 Å². The molecule has 2 aromatic heterocycles. The van der Waals surface area contributed by atoms with Gasteiger partial charge >= 0.3 is 5.97 Å². The molecule has 0 aliphatic rings. The van der Waals surface area contributed by atoms with E-state index in [9.17, 15) is 9.59 Å². The summed E-state index contributed by atoms with van der Waals surface area (Å²) in [5, 5.41) is 0.463. The van der Waals surface area contributed by atoms with Crippen LogP contribution in [0.1, 0.15) is 40.9 Å². The fourth-order valence-electron chi connectivity index (χ4n) is 3.72. The van der Waals surface area contributed by atoms with Gasteiger partial charge in [0.1, 0.15) is 12.4 Å². The molecule has 4 rings (SSSR count). The number of hydrogen-bond acceptors (Lipinski definition) is 6. The van der Waals surface area contributed by atoms with E-state index in [2.05, 4.69) is 4.98 Å². The van der Waals surface area contributed by atoms with Crippen molar-refractivity contribution in [3.8, 4) is 0 Å². The molecule has 0 aliphatic heterocycles. The summed E-state index contributed by atoms with van der Waals surface area (Å²) >= 11 is 0. The van der Waals surface area contributed by atoms with Crippen LogP contribution in [-0.2, 0) is 22.7 Å². The number of aromatic nitrogens is 3. The molecule has 35 heavy (non-hydrogen) atoms. The quantitative estimate of drug-likeness (QED) is 0.386. The number of anilines is 1. The third kappa shape index (κ3) is 5.33. The summed E-state index contributed by atoms with van der Waals surface area (Å²) in [4.78, 5) is 29.7. The highest BCUT2D eigenvalue weighted by molar-refractivity contribution is 5.91. The van der Waals surface area contributed by atoms with E-state index >= 15 is 0 Å². The van der Waals surface area contributed by atoms with E-state index in [1.807, 2.05) is 79.2 Å². The average Bonchev–Trinajstić information content (AvgIpc) is 3.19. The SMILES string of the molecule is COC(=O)c1ccc(C=Cc2cn(Cc3ccccc3)c3nc(N)n(COC(C)C)c(=O)c23)cc1. The van der Waals surface area contributed by atoms with Gasteiger partial charge in [0.05, 0.1) is 24.2 Å². The first-order valence-corrected chi connectivity index (χ1v) is 11.3. The van der Waals surface area contributed by atoms with Gasteiger partial charge < -0.3 is 19.8 Å². The first-order chi connectivity index (χ1) is 16.9. The Bertz CT molecular complexity index is 1420. The Hall–Kier alpha value is -4.17. The van der Waals surface area contributed by atoms with Crippen LogP contribution in [0.2, 0.25) is 0 Å². The van der Waals surface area contributed by atoms with E-state index in [0.717, 1.165) is 11.1 Å². The third-order valence-electron chi connectivity index (χ3n) is 5.56. The van der Waals surface area contributed by atoms with Crippen LogP contribution in [0, 0.1) is 0 Å². The van der Waals surface area contributed by atoms with Gasteiger partial charge in [-0.05, 0) is 37.1 Å². The second kappa shape index (κ2) is 10.4. The van der Waals surface area contributed by atoms with Gasteiger partial charge in [0.25, 0.3) is 5.56 Å². The zero-order valence-corrected chi connectivity index (χ0v) is 20.0. The molecular formula is C27H28N4O4. The lowest BCUT2D eigenvalue weighted by molar-refractivity contribution is 0.0279. The Morgan fingerprint density at radius 2 is 1.80 bits per heavy atom. The number of carbonyl (C=O) groups is 1. The van der Waals surface area contributed by atoms with Gasteiger partial charge in [0.2, 0.25) is 5.95 Å². The van der Waals surface area contributed by atoms with Crippen molar-refractivity contribution in [3.63, 3.8) is 0 Å². The van der Waals surface area contributed by atoms with Crippen LogP contribution in [0.5, 0.6) is 0 Å². The van der Waals surface area contributed by atoms with Crippen LogP contribution in [0.3, 0.4) is 0 Å². The molecule has 2 aromatic carbocycles. The Labute approximate surface area is 203 Å². The van der Waals surface area contributed by atoms with Gasteiger partial charge in [-0.2, -0.15) is 4.98 Å². The van der Waals surface area contributed by atoms with Crippen LogP contribution in [0.25, 0.3) is 23.2 Å². The molecule has 0 amide bonds. The van der Waals surface area contributed by atoms with Gasteiger partial charge in [-0.25, -0.2) is 4.79 Å². The molecule has 180 valence electrons. The van der Waals surface area contributed by atoms with Crippen molar-refractivity contribution in [1.29, 1.82) is 0 Å². The maximum Gasteiger partial charge on any atom is 0.337 e. The highest BCUT2D eigenvalue weighted by Crippen LogP contribution is 2.22. The lowest BCUT2D eigenvalue weighted by Crippen LogP contribution is -2.27. The maximum absolute atomic E-state index is 13.5. The minimum absolute atomic E-state index is 0.0211. The van der Waals surface area contributed by atoms with Gasteiger partial charge in [-0.1, -0.05) is 54.6 Å². The Morgan fingerprint density at radius 3 is 2.46 bits per heavy atom. The van der Waals surface area contributed by atoms with Gasteiger partial charge in [-0.15, -0.1) is 0 Å². The largest absolute Gasteiger partial charge is 0.465 e.